The number of aliphatic carboxylic acids is 1. The van der Waals surface area contributed by atoms with Crippen molar-refractivity contribution >= 4 is 16.0 Å². The van der Waals surface area contributed by atoms with E-state index in [1.54, 1.807) is 0 Å². The highest BCUT2D eigenvalue weighted by atomic mass is 32.2. The molecule has 11 heteroatoms. The summed E-state index contributed by atoms with van der Waals surface area (Å²) in [7, 11) is -2.91. The van der Waals surface area contributed by atoms with Gasteiger partial charge in [0.1, 0.15) is 11.4 Å². The van der Waals surface area contributed by atoms with E-state index in [-0.39, 0.29) is 6.54 Å². The molecule has 1 heterocycles. The molecule has 0 saturated heterocycles. The molecule has 20 heavy (non-hydrogen) atoms. The van der Waals surface area contributed by atoms with Gasteiger partial charge in [-0.3, -0.25) is 9.48 Å². The molecule has 0 aliphatic carbocycles. The first kappa shape index (κ1) is 16.4. The standard InChI is InChI=1S/C9H12F3N3O4S/c1-14(3-2-8(16)17)20(18,19)7-4-13-15(5-7)6-9(10,11)12/h4-5H,2-3,6H2,1H3,(H,16,17). The van der Waals surface area contributed by atoms with Gasteiger partial charge in [0, 0.05) is 19.8 Å². The van der Waals surface area contributed by atoms with E-state index < -0.39 is 40.0 Å². The van der Waals surface area contributed by atoms with Crippen LogP contribution in [0.4, 0.5) is 13.2 Å². The van der Waals surface area contributed by atoms with Crippen molar-refractivity contribution in [2.75, 3.05) is 13.6 Å². The quantitative estimate of drug-likeness (QED) is 0.827. The molecule has 0 unspecified atom stereocenters. The zero-order chi connectivity index (χ0) is 15.6. The van der Waals surface area contributed by atoms with Gasteiger partial charge in [0.2, 0.25) is 10.0 Å². The highest BCUT2D eigenvalue weighted by Gasteiger charge is 2.30. The third kappa shape index (κ3) is 4.49. The van der Waals surface area contributed by atoms with Gasteiger partial charge in [-0.25, -0.2) is 12.7 Å². The zero-order valence-electron chi connectivity index (χ0n) is 10.3. The van der Waals surface area contributed by atoms with Gasteiger partial charge in [0.25, 0.3) is 0 Å². The molecule has 0 atom stereocenters. The van der Waals surface area contributed by atoms with Crippen molar-refractivity contribution in [1.29, 1.82) is 0 Å². The van der Waals surface area contributed by atoms with Crippen LogP contribution in [0, 0.1) is 0 Å². The molecule has 114 valence electrons. The molecule has 1 aromatic heterocycles. The van der Waals surface area contributed by atoms with Crippen LogP contribution in [0.1, 0.15) is 6.42 Å². The molecule has 1 aromatic rings. The topological polar surface area (TPSA) is 92.5 Å². The fourth-order valence-corrected chi connectivity index (χ4v) is 2.43. The van der Waals surface area contributed by atoms with E-state index in [2.05, 4.69) is 5.10 Å². The van der Waals surface area contributed by atoms with Gasteiger partial charge < -0.3 is 5.11 Å². The van der Waals surface area contributed by atoms with E-state index >= 15 is 0 Å². The largest absolute Gasteiger partial charge is 0.481 e. The van der Waals surface area contributed by atoms with E-state index in [0.717, 1.165) is 23.7 Å². The molecular weight excluding hydrogens is 303 g/mol. The van der Waals surface area contributed by atoms with E-state index in [9.17, 15) is 26.4 Å². The summed E-state index contributed by atoms with van der Waals surface area (Å²) in [5.74, 6) is -1.18. The Bertz CT molecular complexity index is 582. The molecule has 0 saturated carbocycles. The Morgan fingerprint density at radius 2 is 2.10 bits per heavy atom. The Morgan fingerprint density at radius 3 is 2.60 bits per heavy atom. The number of carboxylic acids is 1. The van der Waals surface area contributed by atoms with Crippen molar-refractivity contribution < 1.29 is 31.5 Å². The summed E-state index contributed by atoms with van der Waals surface area (Å²) >= 11 is 0. The van der Waals surface area contributed by atoms with Crippen LogP contribution in [0.3, 0.4) is 0 Å². The number of alkyl halides is 3. The number of carbonyl (C=O) groups is 1. The second-order valence-electron chi connectivity index (χ2n) is 3.96. The number of nitrogens with zero attached hydrogens (tertiary/aromatic N) is 3. The smallest absolute Gasteiger partial charge is 0.408 e. The maximum atomic E-state index is 12.1. The highest BCUT2D eigenvalue weighted by molar-refractivity contribution is 7.89. The molecule has 0 radical (unpaired) electrons. The van der Waals surface area contributed by atoms with E-state index in [0.29, 0.717) is 4.68 Å². The Balaban J connectivity index is 2.85. The van der Waals surface area contributed by atoms with Crippen LogP contribution in [-0.4, -0.2) is 53.3 Å². The molecule has 0 bridgehead atoms. The molecule has 1 rings (SSSR count). The van der Waals surface area contributed by atoms with Crippen molar-refractivity contribution in [3.8, 4) is 0 Å². The molecular formula is C9H12F3N3O4S. The monoisotopic (exact) mass is 315 g/mol. The van der Waals surface area contributed by atoms with Gasteiger partial charge in [0.05, 0.1) is 12.6 Å². The van der Waals surface area contributed by atoms with Gasteiger partial charge >= 0.3 is 12.1 Å². The summed E-state index contributed by atoms with van der Waals surface area (Å²) < 4.78 is 61.4. The number of aromatic nitrogens is 2. The molecule has 0 aliphatic heterocycles. The lowest BCUT2D eigenvalue weighted by atomic mass is 10.4. The number of sulfonamides is 1. The molecule has 0 aromatic carbocycles. The SMILES string of the molecule is CN(CCC(=O)O)S(=O)(=O)c1cnn(CC(F)(F)F)c1. The average Bonchev–Trinajstić information content (AvgIpc) is 2.72. The first-order chi connectivity index (χ1) is 9.02. The predicted molar refractivity (Wildman–Crippen MR) is 60.4 cm³/mol. The molecule has 0 spiro atoms. The number of halogens is 3. The van der Waals surface area contributed by atoms with Crippen molar-refractivity contribution in [2.24, 2.45) is 0 Å². The summed E-state index contributed by atoms with van der Waals surface area (Å²) in [6, 6.07) is 0. The van der Waals surface area contributed by atoms with Crippen molar-refractivity contribution in [3.63, 3.8) is 0 Å². The average molecular weight is 315 g/mol. The Kier molecular flexibility index (Phi) is 4.76. The molecule has 7 nitrogen and oxygen atoms in total. The van der Waals surface area contributed by atoms with Crippen LogP contribution in [0.5, 0.6) is 0 Å². The second-order valence-corrected chi connectivity index (χ2v) is 6.00. The van der Waals surface area contributed by atoms with Crippen LogP contribution < -0.4 is 0 Å². The van der Waals surface area contributed by atoms with Gasteiger partial charge in [-0.1, -0.05) is 0 Å². The summed E-state index contributed by atoms with van der Waals surface area (Å²) in [6.07, 6.45) is -3.38. The minimum absolute atomic E-state index is 0.290. The Hall–Kier alpha value is -1.62. The Labute approximate surface area is 112 Å². The lowest BCUT2D eigenvalue weighted by molar-refractivity contribution is -0.142. The normalized spacial score (nSPS) is 12.8. The molecule has 1 N–H and O–H groups in total. The van der Waals surface area contributed by atoms with Crippen molar-refractivity contribution in [3.05, 3.63) is 12.4 Å². The number of hydrogen-bond acceptors (Lipinski definition) is 4. The highest BCUT2D eigenvalue weighted by Crippen LogP contribution is 2.19. The molecule has 0 amide bonds. The Morgan fingerprint density at radius 1 is 1.50 bits per heavy atom. The fourth-order valence-electron chi connectivity index (χ4n) is 1.30. The molecule has 0 aliphatic rings. The number of carboxylic acid groups (broad SMARTS) is 1. The van der Waals surface area contributed by atoms with Crippen LogP contribution in [0.25, 0.3) is 0 Å². The summed E-state index contributed by atoms with van der Waals surface area (Å²) in [5, 5.41) is 11.8. The molecule has 0 fully saturated rings. The maximum absolute atomic E-state index is 12.1. The minimum Gasteiger partial charge on any atom is -0.481 e. The first-order valence-electron chi connectivity index (χ1n) is 5.30. The van der Waals surface area contributed by atoms with Gasteiger partial charge in [0.15, 0.2) is 0 Å². The minimum atomic E-state index is -4.51. The second kappa shape index (κ2) is 5.79. The lowest BCUT2D eigenvalue weighted by Gasteiger charge is -2.14. The third-order valence-electron chi connectivity index (χ3n) is 2.30. The van der Waals surface area contributed by atoms with Crippen molar-refractivity contribution in [2.45, 2.75) is 24.0 Å². The fraction of sp³-hybridized carbons (Fsp3) is 0.556. The van der Waals surface area contributed by atoms with Crippen LogP contribution in [-0.2, 0) is 21.4 Å². The lowest BCUT2D eigenvalue weighted by Crippen LogP contribution is -2.29. The van der Waals surface area contributed by atoms with Crippen molar-refractivity contribution in [1.82, 2.24) is 14.1 Å². The zero-order valence-corrected chi connectivity index (χ0v) is 11.1. The van der Waals surface area contributed by atoms with Gasteiger partial charge in [-0.05, 0) is 0 Å². The van der Waals surface area contributed by atoms with Gasteiger partial charge in [-0.15, -0.1) is 0 Å². The van der Waals surface area contributed by atoms with E-state index in [4.69, 9.17) is 5.11 Å². The summed E-state index contributed by atoms with van der Waals surface area (Å²) in [4.78, 5) is 9.94. The van der Waals surface area contributed by atoms with E-state index in [1.807, 2.05) is 0 Å². The van der Waals surface area contributed by atoms with E-state index in [1.165, 1.54) is 0 Å². The van der Waals surface area contributed by atoms with Crippen LogP contribution in [0.2, 0.25) is 0 Å². The number of hydrogen-bond donors (Lipinski definition) is 1. The van der Waals surface area contributed by atoms with Crippen LogP contribution in [0.15, 0.2) is 17.3 Å². The summed E-state index contributed by atoms with van der Waals surface area (Å²) in [5.41, 5.74) is 0. The summed E-state index contributed by atoms with van der Waals surface area (Å²) in [6.45, 7) is -1.69. The number of rotatable bonds is 6. The third-order valence-corrected chi connectivity index (χ3v) is 4.11. The maximum Gasteiger partial charge on any atom is 0.408 e. The predicted octanol–water partition coefficient (Wildman–Crippen LogP) is 0.541. The first-order valence-corrected chi connectivity index (χ1v) is 6.74. The van der Waals surface area contributed by atoms with Crippen LogP contribution >= 0.6 is 0 Å². The van der Waals surface area contributed by atoms with Gasteiger partial charge in [-0.2, -0.15) is 18.3 Å².